The van der Waals surface area contributed by atoms with Gasteiger partial charge in [0.2, 0.25) is 0 Å². The van der Waals surface area contributed by atoms with Crippen LogP contribution in [0.2, 0.25) is 0 Å². The molecular weight excluding hydrogens is 394 g/mol. The Morgan fingerprint density at radius 1 is 0.562 bits per heavy atom. The van der Waals surface area contributed by atoms with Crippen molar-refractivity contribution in [1.29, 1.82) is 0 Å². The van der Waals surface area contributed by atoms with E-state index in [0.29, 0.717) is 0 Å². The molecule has 0 radical (unpaired) electrons. The Morgan fingerprint density at radius 2 is 1.00 bits per heavy atom. The highest BCUT2D eigenvalue weighted by Gasteiger charge is 2.08. The second-order valence-electron chi connectivity index (χ2n) is 10.2. The minimum absolute atomic E-state index is 0.767. The van der Waals surface area contributed by atoms with Crippen LogP contribution in [0, 0.1) is 0 Å². The second kappa shape index (κ2) is 15.2. The molecule has 0 saturated heterocycles. The maximum atomic E-state index is 6.17. The van der Waals surface area contributed by atoms with E-state index in [1.54, 1.807) is 0 Å². The van der Waals surface area contributed by atoms with Crippen molar-refractivity contribution >= 4 is 10.8 Å². The first kappa shape index (κ1) is 26.5. The van der Waals surface area contributed by atoms with Gasteiger partial charge in [0.25, 0.3) is 0 Å². The second-order valence-corrected chi connectivity index (χ2v) is 10.2. The number of fused-ring (bicyclic) bond motifs is 1. The normalized spacial score (nSPS) is 11.8. The van der Waals surface area contributed by atoms with Gasteiger partial charge < -0.3 is 14.0 Å². The molecule has 0 unspecified atom stereocenters. The van der Waals surface area contributed by atoms with Crippen LogP contribution in [-0.4, -0.2) is 45.4 Å². The Hall–Kier alpha value is -1.74. The number of nitrogens with zero attached hydrogens (tertiary/aromatic N) is 1. The number of hydrogen-bond donors (Lipinski definition) is 0. The lowest BCUT2D eigenvalue weighted by atomic mass is 10.1. The minimum Gasteiger partial charge on any atom is -0.493 e. The third kappa shape index (κ3) is 10.7. The van der Waals surface area contributed by atoms with Gasteiger partial charge in [0.15, 0.2) is 0 Å². The summed E-state index contributed by atoms with van der Waals surface area (Å²) in [4.78, 5) is 0. The van der Waals surface area contributed by atoms with Crippen LogP contribution in [0.15, 0.2) is 36.4 Å². The van der Waals surface area contributed by atoms with Gasteiger partial charge in [-0.25, -0.2) is 0 Å². The molecule has 0 aliphatic carbocycles. The Labute approximate surface area is 197 Å². The van der Waals surface area contributed by atoms with Gasteiger partial charge in [-0.2, -0.15) is 0 Å². The first-order chi connectivity index (χ1) is 15.5. The molecule has 180 valence electrons. The van der Waals surface area contributed by atoms with Crippen LogP contribution >= 0.6 is 0 Å². The number of quaternary nitrogens is 1. The molecule has 0 heterocycles. The van der Waals surface area contributed by atoms with Gasteiger partial charge in [-0.3, -0.25) is 0 Å². The van der Waals surface area contributed by atoms with Gasteiger partial charge in [0.05, 0.1) is 40.9 Å². The summed E-state index contributed by atoms with van der Waals surface area (Å²) in [6.45, 7) is 5.02. The summed E-state index contributed by atoms with van der Waals surface area (Å²) in [5, 5.41) is 2.31. The quantitative estimate of drug-likeness (QED) is 0.172. The fourth-order valence-electron chi connectivity index (χ4n) is 4.15. The van der Waals surface area contributed by atoms with Gasteiger partial charge in [0, 0.05) is 10.8 Å². The molecule has 0 aliphatic rings. The number of rotatable bonds is 18. The van der Waals surface area contributed by atoms with Gasteiger partial charge in [0.1, 0.15) is 11.5 Å². The summed E-state index contributed by atoms with van der Waals surface area (Å²) in [5.41, 5.74) is 0. The number of hydrogen-bond acceptors (Lipinski definition) is 2. The molecule has 0 N–H and O–H groups in total. The molecule has 3 heteroatoms. The number of ether oxygens (including phenoxy) is 2. The van der Waals surface area contributed by atoms with Crippen molar-refractivity contribution in [3.63, 3.8) is 0 Å². The summed E-state index contributed by atoms with van der Waals surface area (Å²) < 4.78 is 13.3. The van der Waals surface area contributed by atoms with Crippen molar-refractivity contribution in [2.45, 2.75) is 84.0 Å². The van der Waals surface area contributed by atoms with Crippen molar-refractivity contribution in [2.75, 3.05) is 40.9 Å². The van der Waals surface area contributed by atoms with Gasteiger partial charge in [-0.05, 0) is 31.4 Å². The number of unbranched alkanes of at least 4 members (excludes halogenated alkanes) is 10. The highest BCUT2D eigenvalue weighted by molar-refractivity contribution is 5.93. The molecule has 0 spiro atoms. The van der Waals surface area contributed by atoms with Crippen LogP contribution < -0.4 is 9.47 Å². The average molecular weight is 443 g/mol. The van der Waals surface area contributed by atoms with Gasteiger partial charge >= 0.3 is 0 Å². The summed E-state index contributed by atoms with van der Waals surface area (Å²) in [6, 6.07) is 12.6. The van der Waals surface area contributed by atoms with Crippen LogP contribution in [0.3, 0.4) is 0 Å². The summed E-state index contributed by atoms with van der Waals surface area (Å²) in [6.07, 6.45) is 15.7. The van der Waals surface area contributed by atoms with Crippen LogP contribution in [0.1, 0.15) is 84.0 Å². The van der Waals surface area contributed by atoms with E-state index in [1.165, 1.54) is 70.8 Å². The van der Waals surface area contributed by atoms with Gasteiger partial charge in [-0.15, -0.1) is 0 Å². The predicted molar refractivity (Wildman–Crippen MR) is 139 cm³/mol. The molecule has 0 saturated carbocycles. The zero-order valence-corrected chi connectivity index (χ0v) is 21.3. The van der Waals surface area contributed by atoms with Crippen molar-refractivity contribution in [1.82, 2.24) is 0 Å². The van der Waals surface area contributed by atoms with Crippen molar-refractivity contribution in [3.05, 3.63) is 36.4 Å². The van der Waals surface area contributed by atoms with E-state index in [2.05, 4.69) is 64.5 Å². The third-order valence-corrected chi connectivity index (χ3v) is 6.08. The van der Waals surface area contributed by atoms with Gasteiger partial charge in [-0.1, -0.05) is 89.0 Å². The lowest BCUT2D eigenvalue weighted by Crippen LogP contribution is -2.35. The van der Waals surface area contributed by atoms with E-state index >= 15 is 0 Å². The number of benzene rings is 2. The Kier molecular flexibility index (Phi) is 12.6. The average Bonchev–Trinajstić information content (AvgIpc) is 2.76. The Bertz CT molecular complexity index is 750. The first-order valence-electron chi connectivity index (χ1n) is 13.1. The zero-order chi connectivity index (χ0) is 23.1. The monoisotopic (exact) mass is 442 g/mol. The molecule has 0 aromatic heterocycles. The molecule has 0 amide bonds. The molecule has 2 rings (SSSR count). The van der Waals surface area contributed by atoms with Crippen molar-refractivity contribution in [2.24, 2.45) is 0 Å². The van der Waals surface area contributed by atoms with E-state index in [9.17, 15) is 0 Å². The Morgan fingerprint density at radius 3 is 1.47 bits per heavy atom. The summed E-state index contributed by atoms with van der Waals surface area (Å²) in [7, 11) is 6.72. The maximum Gasteiger partial charge on any atom is 0.127 e. The lowest BCUT2D eigenvalue weighted by Gasteiger charge is -2.23. The zero-order valence-electron chi connectivity index (χ0n) is 21.3. The standard InChI is InChI=1S/C29H48NO2/c1-5-6-7-8-9-10-11-12-13-15-24-31-28-21-17-20-27-26(28)19-18-22-29(27)32-25-16-14-23-30(2,3)4/h17-22H,5-16,23-25H2,1-4H3/q+1. The molecule has 2 aromatic carbocycles. The molecular formula is C29H48NO2+. The molecule has 32 heavy (non-hydrogen) atoms. The fraction of sp³-hybridized carbons (Fsp3) is 0.655. The van der Waals surface area contributed by atoms with E-state index in [-0.39, 0.29) is 0 Å². The van der Waals surface area contributed by atoms with E-state index in [4.69, 9.17) is 9.47 Å². The molecule has 0 fully saturated rings. The van der Waals surface area contributed by atoms with E-state index in [0.717, 1.165) is 52.8 Å². The van der Waals surface area contributed by atoms with Crippen molar-refractivity contribution in [3.8, 4) is 11.5 Å². The molecule has 2 aromatic rings. The smallest absolute Gasteiger partial charge is 0.127 e. The molecule has 3 nitrogen and oxygen atoms in total. The Balaban J connectivity index is 1.70. The molecule has 0 aliphatic heterocycles. The van der Waals surface area contributed by atoms with Crippen LogP contribution in [0.4, 0.5) is 0 Å². The topological polar surface area (TPSA) is 18.5 Å². The van der Waals surface area contributed by atoms with Crippen molar-refractivity contribution < 1.29 is 14.0 Å². The first-order valence-corrected chi connectivity index (χ1v) is 13.1. The van der Waals surface area contributed by atoms with Crippen LogP contribution in [0.25, 0.3) is 10.8 Å². The SMILES string of the molecule is CCCCCCCCCCCCOc1cccc2c(OCCCC[N+](C)(C)C)cccc12. The summed E-state index contributed by atoms with van der Waals surface area (Å²) in [5.74, 6) is 1.95. The maximum absolute atomic E-state index is 6.17. The fourth-order valence-corrected chi connectivity index (χ4v) is 4.15. The third-order valence-electron chi connectivity index (χ3n) is 6.08. The highest BCUT2D eigenvalue weighted by Crippen LogP contribution is 2.32. The molecule has 0 bridgehead atoms. The van der Waals surface area contributed by atoms with E-state index < -0.39 is 0 Å². The largest absolute Gasteiger partial charge is 0.493 e. The van der Waals surface area contributed by atoms with Crippen LogP contribution in [0.5, 0.6) is 11.5 Å². The highest BCUT2D eigenvalue weighted by atomic mass is 16.5. The minimum atomic E-state index is 0.767. The van der Waals surface area contributed by atoms with Crippen LogP contribution in [-0.2, 0) is 0 Å². The predicted octanol–water partition coefficient (Wildman–Crippen LogP) is 8.00. The molecule has 0 atom stereocenters. The lowest BCUT2D eigenvalue weighted by molar-refractivity contribution is -0.870. The van der Waals surface area contributed by atoms with E-state index in [1.807, 2.05) is 0 Å². The summed E-state index contributed by atoms with van der Waals surface area (Å²) >= 11 is 0.